The standard InChI is InChI=1S/C48H22F16N4O4/c1-69-45-37(57)29(49)25(30(50)38(45)58)21-13-5-7-15(65-13)22(26-31(51)39(59)46(70-2)40(60)32(26)52)17-9-11-19(67-17)24(28-35(55)43(63)48(72-4)44(64)36(28)56)20-12-10-18(68-20)23(16-8-6-14(21)66-16)27-33(53)41(61)47(71-3)42(62)34(27)54/h5-12,65,68H,1-4H3. The number of hydrogen-bond acceptors (Lipinski definition) is 6. The molecule has 0 radical (unpaired) electrons. The lowest BCUT2D eigenvalue weighted by Crippen LogP contribution is -2.06. The van der Waals surface area contributed by atoms with Gasteiger partial charge in [-0.25, -0.2) is 45.1 Å². The first-order chi connectivity index (χ1) is 34.2. The average molecular weight is 1020 g/mol. The van der Waals surface area contributed by atoms with Crippen LogP contribution in [0.5, 0.6) is 23.0 Å². The number of nitrogens with zero attached hydrogens (tertiary/aromatic N) is 2. The first-order valence-corrected chi connectivity index (χ1v) is 20.0. The van der Waals surface area contributed by atoms with Crippen LogP contribution in [0.4, 0.5) is 70.2 Å². The number of fused-ring (bicyclic) bond motifs is 8. The number of H-pyrrole nitrogens is 2. The zero-order valence-electron chi connectivity index (χ0n) is 36.2. The van der Waals surface area contributed by atoms with Crippen molar-refractivity contribution in [2.45, 2.75) is 0 Å². The van der Waals surface area contributed by atoms with Gasteiger partial charge in [-0.15, -0.1) is 0 Å². The summed E-state index contributed by atoms with van der Waals surface area (Å²) >= 11 is 0. The predicted octanol–water partition coefficient (Wildman–Crippen LogP) is 13.6. The summed E-state index contributed by atoms with van der Waals surface area (Å²) in [6, 6.07) is 3.25. The molecule has 0 saturated heterocycles. The molecule has 7 aromatic rings. The minimum Gasteiger partial charge on any atom is -0.491 e. The zero-order chi connectivity index (χ0) is 52.1. The van der Waals surface area contributed by atoms with Gasteiger partial charge >= 0.3 is 0 Å². The fraction of sp³-hybridized carbons (Fsp3) is 0.0833. The van der Waals surface area contributed by atoms with Crippen LogP contribution in [0.15, 0.2) is 24.3 Å². The zero-order valence-corrected chi connectivity index (χ0v) is 36.2. The van der Waals surface area contributed by atoms with E-state index in [1.807, 2.05) is 0 Å². The largest absolute Gasteiger partial charge is 0.491 e. The molecule has 2 aliphatic heterocycles. The molecule has 8 nitrogen and oxygen atoms in total. The summed E-state index contributed by atoms with van der Waals surface area (Å²) < 4.78 is 273. The second-order valence-electron chi connectivity index (χ2n) is 15.2. The molecule has 9 rings (SSSR count). The van der Waals surface area contributed by atoms with Crippen molar-refractivity contribution in [3.8, 4) is 67.5 Å². The Hall–Kier alpha value is -8.44. The van der Waals surface area contributed by atoms with Crippen LogP contribution in [-0.2, 0) is 0 Å². The number of methoxy groups -OCH3 is 4. The van der Waals surface area contributed by atoms with E-state index in [9.17, 15) is 0 Å². The molecule has 5 heterocycles. The van der Waals surface area contributed by atoms with Crippen LogP contribution in [0.2, 0.25) is 0 Å². The summed E-state index contributed by atoms with van der Waals surface area (Å²) in [7, 11) is 2.61. The van der Waals surface area contributed by atoms with Crippen LogP contribution in [0, 0.1) is 93.1 Å². The molecule has 0 spiro atoms. The maximum absolute atomic E-state index is 16.3. The van der Waals surface area contributed by atoms with Gasteiger partial charge in [-0.05, 0) is 48.6 Å². The molecule has 4 aromatic carbocycles. The summed E-state index contributed by atoms with van der Waals surface area (Å²) in [5.74, 6) is -41.0. The number of nitrogens with one attached hydrogen (secondary N) is 2. The molecule has 2 N–H and O–H groups in total. The van der Waals surface area contributed by atoms with Gasteiger partial charge in [0.1, 0.15) is 0 Å². The Morgan fingerprint density at radius 3 is 0.583 bits per heavy atom. The molecule has 370 valence electrons. The molecule has 0 unspecified atom stereocenters. The second-order valence-corrected chi connectivity index (χ2v) is 15.2. The molecule has 0 amide bonds. The lowest BCUT2D eigenvalue weighted by molar-refractivity contribution is 0.334. The Bertz CT molecular complexity index is 3200. The van der Waals surface area contributed by atoms with Gasteiger partial charge in [0, 0.05) is 44.3 Å². The van der Waals surface area contributed by atoms with Gasteiger partial charge in [-0.1, -0.05) is 0 Å². The Kier molecular flexibility index (Phi) is 12.0. The van der Waals surface area contributed by atoms with Crippen LogP contribution in [0.25, 0.3) is 90.9 Å². The number of ether oxygens (including phenoxy) is 4. The third-order valence-electron chi connectivity index (χ3n) is 11.5. The van der Waals surface area contributed by atoms with Gasteiger partial charge < -0.3 is 28.9 Å². The van der Waals surface area contributed by atoms with Crippen molar-refractivity contribution in [1.82, 2.24) is 19.9 Å². The molecule has 0 fully saturated rings. The van der Waals surface area contributed by atoms with Gasteiger partial charge in [0.05, 0.1) is 73.5 Å². The van der Waals surface area contributed by atoms with Crippen LogP contribution >= 0.6 is 0 Å². The van der Waals surface area contributed by atoms with Crippen LogP contribution in [0.3, 0.4) is 0 Å². The molecular weight excluding hydrogens is 1000 g/mol. The van der Waals surface area contributed by atoms with E-state index in [2.05, 4.69) is 38.9 Å². The van der Waals surface area contributed by atoms with Crippen molar-refractivity contribution in [2.24, 2.45) is 0 Å². The van der Waals surface area contributed by atoms with Crippen molar-refractivity contribution in [3.63, 3.8) is 0 Å². The monoisotopic (exact) mass is 1020 g/mol. The third-order valence-corrected chi connectivity index (χ3v) is 11.5. The lowest BCUT2D eigenvalue weighted by Gasteiger charge is -2.13. The third kappa shape index (κ3) is 7.00. The molecule has 0 saturated carbocycles. The lowest BCUT2D eigenvalue weighted by atomic mass is 10.0. The Labute approximate surface area is 391 Å². The maximum Gasteiger partial charge on any atom is 0.204 e. The highest BCUT2D eigenvalue weighted by Crippen LogP contribution is 2.46. The van der Waals surface area contributed by atoms with Crippen molar-refractivity contribution in [2.75, 3.05) is 28.4 Å². The van der Waals surface area contributed by atoms with Gasteiger partial charge in [0.25, 0.3) is 0 Å². The molecule has 2 aliphatic rings. The Morgan fingerprint density at radius 1 is 0.264 bits per heavy atom. The van der Waals surface area contributed by atoms with E-state index >= 15 is 70.2 Å². The fourth-order valence-corrected chi connectivity index (χ4v) is 8.30. The quantitative estimate of drug-likeness (QED) is 0.116. The van der Waals surface area contributed by atoms with Crippen molar-refractivity contribution in [1.29, 1.82) is 0 Å². The van der Waals surface area contributed by atoms with Crippen LogP contribution in [0.1, 0.15) is 22.8 Å². The Balaban J connectivity index is 1.59. The predicted molar refractivity (Wildman–Crippen MR) is 226 cm³/mol. The second kappa shape index (κ2) is 17.8. The van der Waals surface area contributed by atoms with E-state index in [1.165, 1.54) is 0 Å². The first kappa shape index (κ1) is 48.6. The normalized spacial score (nSPS) is 12.1. The van der Waals surface area contributed by atoms with Crippen LogP contribution in [-0.4, -0.2) is 48.4 Å². The first-order valence-electron chi connectivity index (χ1n) is 20.0. The van der Waals surface area contributed by atoms with Crippen LogP contribution < -0.4 is 18.9 Å². The molecule has 0 atom stereocenters. The number of hydrogen-bond donors (Lipinski definition) is 2. The van der Waals surface area contributed by atoms with E-state index in [1.54, 1.807) is 0 Å². The summed E-state index contributed by atoms with van der Waals surface area (Å²) in [5.41, 5.74) is -16.9. The van der Waals surface area contributed by atoms with Crippen molar-refractivity contribution < 1.29 is 89.2 Å². The highest BCUT2D eigenvalue weighted by Gasteiger charge is 2.35. The van der Waals surface area contributed by atoms with Gasteiger partial charge in [0.2, 0.25) is 46.5 Å². The summed E-state index contributed by atoms with van der Waals surface area (Å²) in [6.45, 7) is 0. The molecule has 72 heavy (non-hydrogen) atoms. The van der Waals surface area contributed by atoms with Gasteiger partial charge in [0.15, 0.2) is 69.5 Å². The number of rotatable bonds is 8. The fourth-order valence-electron chi connectivity index (χ4n) is 8.30. The maximum atomic E-state index is 16.3. The number of aromatic amines is 2. The topological polar surface area (TPSA) is 94.3 Å². The molecule has 0 aliphatic carbocycles. The molecule has 3 aromatic heterocycles. The molecule has 24 heteroatoms. The van der Waals surface area contributed by atoms with Gasteiger partial charge in [-0.2, -0.15) is 35.1 Å². The van der Waals surface area contributed by atoms with Crippen molar-refractivity contribution >= 4 is 46.4 Å². The molecular formula is C48H22F16N4O4. The van der Waals surface area contributed by atoms with E-state index in [0.29, 0.717) is 28.4 Å². The average Bonchev–Trinajstić information content (AvgIpc) is 4.22. The number of aromatic nitrogens is 4. The Morgan fingerprint density at radius 2 is 0.431 bits per heavy atom. The summed E-state index contributed by atoms with van der Waals surface area (Å²) in [4.78, 5) is 13.3. The minimum absolute atomic E-state index is 0.652. The summed E-state index contributed by atoms with van der Waals surface area (Å²) in [5, 5.41) is 0. The SMILES string of the molecule is COc1c(F)c(F)c(-c2c3nc(c(-c4c(F)c(F)c(OC)c(F)c4F)c4ccc([nH]4)c(-c4c(F)c(F)c(OC)c(F)c4F)c4nc(c(-c5c(F)c(F)c(OC)c(F)c5F)c5ccc2[nH]5)C=C4)C=C3)c(F)c1F. The smallest absolute Gasteiger partial charge is 0.204 e. The molecule has 8 bridgehead atoms. The number of halogens is 16. The number of benzene rings is 4. The van der Waals surface area contributed by atoms with Gasteiger partial charge in [-0.3, -0.25) is 0 Å². The summed E-state index contributed by atoms with van der Waals surface area (Å²) in [6.07, 6.45) is 3.14. The van der Waals surface area contributed by atoms with E-state index < -0.39 is 205 Å². The van der Waals surface area contributed by atoms with E-state index in [4.69, 9.17) is 0 Å². The van der Waals surface area contributed by atoms with E-state index in [0.717, 1.165) is 48.6 Å². The van der Waals surface area contributed by atoms with Crippen molar-refractivity contribution in [3.05, 3.63) is 140 Å². The minimum atomic E-state index is -2.19. The highest BCUT2D eigenvalue weighted by molar-refractivity contribution is 6.00. The highest BCUT2D eigenvalue weighted by atomic mass is 19.2. The van der Waals surface area contributed by atoms with E-state index in [-0.39, 0.29) is 0 Å².